The van der Waals surface area contributed by atoms with Crippen LogP contribution in [0.15, 0.2) is 47.0 Å². The lowest BCUT2D eigenvalue weighted by molar-refractivity contribution is 0.101. The lowest BCUT2D eigenvalue weighted by Crippen LogP contribution is -2.14. The Morgan fingerprint density at radius 2 is 1.67 bits per heavy atom. The second-order valence-electron chi connectivity index (χ2n) is 5.81. The van der Waals surface area contributed by atoms with Crippen molar-refractivity contribution in [3.05, 3.63) is 70.7 Å². The first-order valence-corrected chi connectivity index (χ1v) is 7.56. The van der Waals surface area contributed by atoms with Crippen molar-refractivity contribution in [1.82, 2.24) is 5.16 Å². The van der Waals surface area contributed by atoms with Crippen molar-refractivity contribution in [1.29, 1.82) is 0 Å². The Hall–Kier alpha value is -2.95. The molecule has 0 aliphatic carbocycles. The number of benzene rings is 2. The summed E-state index contributed by atoms with van der Waals surface area (Å²) in [5.74, 6) is -0.263. The maximum absolute atomic E-state index is 13.0. The molecule has 1 amide bonds. The molecule has 1 aromatic heterocycles. The predicted octanol–water partition coefficient (Wildman–Crippen LogP) is 4.66. The SMILES string of the molecule is Cc1cc(C)c(NC(=O)c2cc(-c3ccc(F)cc3)on2)c(C)c1. The number of nitrogens with one attached hydrogen (secondary N) is 1. The highest BCUT2D eigenvalue weighted by molar-refractivity contribution is 6.04. The van der Waals surface area contributed by atoms with Gasteiger partial charge in [-0.15, -0.1) is 0 Å². The van der Waals surface area contributed by atoms with Crippen LogP contribution in [-0.4, -0.2) is 11.1 Å². The Morgan fingerprint density at radius 1 is 1.04 bits per heavy atom. The van der Waals surface area contributed by atoms with Gasteiger partial charge in [-0.05, 0) is 56.2 Å². The van der Waals surface area contributed by atoms with Crippen LogP contribution in [0.5, 0.6) is 0 Å². The van der Waals surface area contributed by atoms with Gasteiger partial charge in [0.2, 0.25) is 0 Å². The van der Waals surface area contributed by atoms with Crippen molar-refractivity contribution < 1.29 is 13.7 Å². The second-order valence-corrected chi connectivity index (χ2v) is 5.81. The van der Waals surface area contributed by atoms with Gasteiger partial charge < -0.3 is 9.84 Å². The Balaban J connectivity index is 1.83. The lowest BCUT2D eigenvalue weighted by Gasteiger charge is -2.11. The number of nitrogens with zero attached hydrogens (tertiary/aromatic N) is 1. The Morgan fingerprint density at radius 3 is 2.29 bits per heavy atom. The Labute approximate surface area is 139 Å². The molecule has 4 nitrogen and oxygen atoms in total. The number of hydrogen-bond acceptors (Lipinski definition) is 3. The van der Waals surface area contributed by atoms with Crippen LogP contribution in [0.2, 0.25) is 0 Å². The first-order valence-electron chi connectivity index (χ1n) is 7.56. The standard InChI is InChI=1S/C19H17FN2O2/c1-11-8-12(2)18(13(3)9-11)21-19(23)16-10-17(24-22-16)14-4-6-15(20)7-5-14/h4-10H,1-3H3,(H,21,23). The summed E-state index contributed by atoms with van der Waals surface area (Å²) in [5, 5.41) is 6.68. The molecular formula is C19H17FN2O2. The molecular weight excluding hydrogens is 307 g/mol. The fraction of sp³-hybridized carbons (Fsp3) is 0.158. The molecule has 0 unspecified atom stereocenters. The van der Waals surface area contributed by atoms with E-state index in [4.69, 9.17) is 4.52 Å². The minimum Gasteiger partial charge on any atom is -0.355 e. The highest BCUT2D eigenvalue weighted by atomic mass is 19.1. The van der Waals surface area contributed by atoms with E-state index in [2.05, 4.69) is 10.5 Å². The van der Waals surface area contributed by atoms with Gasteiger partial charge in [-0.25, -0.2) is 4.39 Å². The van der Waals surface area contributed by atoms with E-state index in [-0.39, 0.29) is 17.4 Å². The highest BCUT2D eigenvalue weighted by Gasteiger charge is 2.16. The van der Waals surface area contributed by atoms with Gasteiger partial charge in [-0.1, -0.05) is 22.9 Å². The maximum atomic E-state index is 13.0. The average Bonchev–Trinajstić information content (AvgIpc) is 3.01. The molecule has 3 aromatic rings. The van der Waals surface area contributed by atoms with Crippen LogP contribution in [0.4, 0.5) is 10.1 Å². The zero-order chi connectivity index (χ0) is 17.3. The molecule has 1 heterocycles. The summed E-state index contributed by atoms with van der Waals surface area (Å²) in [5.41, 5.74) is 4.73. The van der Waals surface area contributed by atoms with E-state index >= 15 is 0 Å². The third-order valence-electron chi connectivity index (χ3n) is 3.79. The molecule has 3 rings (SSSR count). The number of carbonyl (C=O) groups excluding carboxylic acids is 1. The summed E-state index contributed by atoms with van der Waals surface area (Å²) in [6, 6.07) is 11.4. The minimum atomic E-state index is -0.345. The van der Waals surface area contributed by atoms with Crippen LogP contribution in [0.1, 0.15) is 27.2 Å². The van der Waals surface area contributed by atoms with Gasteiger partial charge in [0.25, 0.3) is 5.91 Å². The van der Waals surface area contributed by atoms with Gasteiger partial charge in [0.15, 0.2) is 11.5 Å². The number of halogens is 1. The molecule has 0 saturated carbocycles. The van der Waals surface area contributed by atoms with Gasteiger partial charge in [-0.2, -0.15) is 0 Å². The maximum Gasteiger partial charge on any atom is 0.277 e. The van der Waals surface area contributed by atoms with Gasteiger partial charge in [-0.3, -0.25) is 4.79 Å². The average molecular weight is 324 g/mol. The fourth-order valence-corrected chi connectivity index (χ4v) is 2.69. The molecule has 0 atom stereocenters. The van der Waals surface area contributed by atoms with Crippen molar-refractivity contribution >= 4 is 11.6 Å². The molecule has 24 heavy (non-hydrogen) atoms. The summed E-state index contributed by atoms with van der Waals surface area (Å²) < 4.78 is 18.2. The smallest absolute Gasteiger partial charge is 0.277 e. The molecule has 122 valence electrons. The normalized spacial score (nSPS) is 10.7. The number of rotatable bonds is 3. The van der Waals surface area contributed by atoms with E-state index in [1.54, 1.807) is 18.2 Å². The number of amides is 1. The van der Waals surface area contributed by atoms with Gasteiger partial charge in [0.05, 0.1) is 0 Å². The quantitative estimate of drug-likeness (QED) is 0.762. The second kappa shape index (κ2) is 6.28. The first kappa shape index (κ1) is 15.9. The number of hydrogen-bond donors (Lipinski definition) is 1. The van der Waals surface area contributed by atoms with Crippen molar-refractivity contribution in [2.24, 2.45) is 0 Å². The zero-order valence-electron chi connectivity index (χ0n) is 13.7. The zero-order valence-corrected chi connectivity index (χ0v) is 13.7. The summed E-state index contributed by atoms with van der Waals surface area (Å²) in [6.07, 6.45) is 0. The highest BCUT2D eigenvalue weighted by Crippen LogP contribution is 2.24. The van der Waals surface area contributed by atoms with Gasteiger partial charge in [0.1, 0.15) is 5.82 Å². The molecule has 0 radical (unpaired) electrons. The first-order chi connectivity index (χ1) is 11.4. The Kier molecular flexibility index (Phi) is 4.16. The summed E-state index contributed by atoms with van der Waals surface area (Å²) in [4.78, 5) is 12.4. The van der Waals surface area contributed by atoms with E-state index in [0.29, 0.717) is 11.3 Å². The number of aryl methyl sites for hydroxylation is 3. The van der Waals surface area contributed by atoms with Crippen LogP contribution < -0.4 is 5.32 Å². The van der Waals surface area contributed by atoms with Crippen molar-refractivity contribution in [3.63, 3.8) is 0 Å². The van der Waals surface area contributed by atoms with Crippen LogP contribution in [0.3, 0.4) is 0 Å². The molecule has 0 saturated heterocycles. The van der Waals surface area contributed by atoms with E-state index in [1.165, 1.54) is 12.1 Å². The molecule has 5 heteroatoms. The van der Waals surface area contributed by atoms with E-state index in [0.717, 1.165) is 22.4 Å². The van der Waals surface area contributed by atoms with E-state index in [9.17, 15) is 9.18 Å². The molecule has 0 bridgehead atoms. The predicted molar refractivity (Wildman–Crippen MR) is 90.5 cm³/mol. The molecule has 0 aliphatic heterocycles. The van der Waals surface area contributed by atoms with E-state index in [1.807, 2.05) is 32.9 Å². The van der Waals surface area contributed by atoms with Crippen molar-refractivity contribution in [2.75, 3.05) is 5.32 Å². The summed E-state index contributed by atoms with van der Waals surface area (Å²) in [7, 11) is 0. The molecule has 1 N–H and O–H groups in total. The minimum absolute atomic E-state index is 0.175. The molecule has 0 aliphatic rings. The van der Waals surface area contributed by atoms with E-state index < -0.39 is 0 Å². The summed E-state index contributed by atoms with van der Waals surface area (Å²) in [6.45, 7) is 5.91. The van der Waals surface area contributed by atoms with Crippen LogP contribution in [0.25, 0.3) is 11.3 Å². The fourth-order valence-electron chi connectivity index (χ4n) is 2.69. The number of aromatic nitrogens is 1. The third kappa shape index (κ3) is 3.20. The van der Waals surface area contributed by atoms with Gasteiger partial charge in [0, 0.05) is 17.3 Å². The largest absolute Gasteiger partial charge is 0.355 e. The summed E-state index contributed by atoms with van der Waals surface area (Å²) >= 11 is 0. The van der Waals surface area contributed by atoms with Crippen molar-refractivity contribution in [2.45, 2.75) is 20.8 Å². The van der Waals surface area contributed by atoms with Crippen LogP contribution >= 0.6 is 0 Å². The third-order valence-corrected chi connectivity index (χ3v) is 3.79. The van der Waals surface area contributed by atoms with Crippen molar-refractivity contribution in [3.8, 4) is 11.3 Å². The molecule has 2 aromatic carbocycles. The monoisotopic (exact) mass is 324 g/mol. The Bertz CT molecular complexity index is 875. The van der Waals surface area contributed by atoms with Crippen LogP contribution in [0, 0.1) is 26.6 Å². The number of carbonyl (C=O) groups is 1. The molecule has 0 fully saturated rings. The topological polar surface area (TPSA) is 55.1 Å². The number of anilines is 1. The van der Waals surface area contributed by atoms with Gasteiger partial charge >= 0.3 is 0 Å². The van der Waals surface area contributed by atoms with Crippen LogP contribution in [-0.2, 0) is 0 Å². The lowest BCUT2D eigenvalue weighted by atomic mass is 10.0. The molecule has 0 spiro atoms.